The van der Waals surface area contributed by atoms with Crippen LogP contribution in [0.15, 0.2) is 72.4 Å². The molecular weight excluding hydrogens is 396 g/mol. The van der Waals surface area contributed by atoms with Crippen molar-refractivity contribution in [1.82, 2.24) is 19.7 Å². The number of allylic oxidation sites excluding steroid dienone is 1. The van der Waals surface area contributed by atoms with Gasteiger partial charge in [0.25, 0.3) is 0 Å². The Morgan fingerprint density at radius 2 is 1.93 bits per heavy atom. The van der Waals surface area contributed by atoms with Crippen LogP contribution in [0.25, 0.3) is 33.5 Å². The van der Waals surface area contributed by atoms with Crippen LogP contribution in [0.5, 0.6) is 0 Å². The first-order chi connectivity index (χ1) is 14.6. The number of carboxylic acids is 1. The van der Waals surface area contributed by atoms with Crippen LogP contribution in [0.2, 0.25) is 0 Å². The van der Waals surface area contributed by atoms with Crippen LogP contribution in [0.3, 0.4) is 0 Å². The van der Waals surface area contributed by atoms with Crippen molar-refractivity contribution in [3.05, 3.63) is 72.8 Å². The number of benzene rings is 2. The van der Waals surface area contributed by atoms with Gasteiger partial charge < -0.3 is 5.11 Å². The Balaban J connectivity index is 1.90. The number of aliphatic carboxylic acids is 1. The Bertz CT molecular complexity index is 1230. The Morgan fingerprint density at radius 3 is 2.67 bits per heavy atom. The highest BCUT2D eigenvalue weighted by Crippen LogP contribution is 2.33. The van der Waals surface area contributed by atoms with Gasteiger partial charge in [-0.15, -0.1) is 16.8 Å². The van der Waals surface area contributed by atoms with Gasteiger partial charge in [-0.05, 0) is 19.1 Å². The number of pyridine rings is 1. The minimum atomic E-state index is -0.897. The lowest BCUT2D eigenvalue weighted by atomic mass is 10.0. The predicted octanol–water partition coefficient (Wildman–Crippen LogP) is 4.83. The smallest absolute Gasteiger partial charge is 0.313 e. The maximum Gasteiger partial charge on any atom is 0.313 e. The molecule has 7 heteroatoms. The van der Waals surface area contributed by atoms with Crippen molar-refractivity contribution >= 4 is 28.6 Å². The lowest BCUT2D eigenvalue weighted by Crippen LogP contribution is -2.04. The number of fused-ring (bicyclic) bond motifs is 1. The highest BCUT2D eigenvalue weighted by molar-refractivity contribution is 7.99. The van der Waals surface area contributed by atoms with E-state index in [9.17, 15) is 4.79 Å². The van der Waals surface area contributed by atoms with Crippen molar-refractivity contribution in [2.75, 3.05) is 5.75 Å². The highest BCUT2D eigenvalue weighted by atomic mass is 32.2. The van der Waals surface area contributed by atoms with E-state index in [0.717, 1.165) is 39.5 Å². The fraction of sp³-hybridized carbons (Fsp3) is 0.130. The SMILES string of the molecule is C=CCn1c(SCC(=O)O)nnc1-c1cc(-c2ccc(C)cc2)nc2ccccc12. The van der Waals surface area contributed by atoms with Crippen molar-refractivity contribution in [3.8, 4) is 22.6 Å². The maximum absolute atomic E-state index is 11.0. The minimum absolute atomic E-state index is 0.0824. The van der Waals surface area contributed by atoms with Gasteiger partial charge in [-0.1, -0.05) is 65.9 Å². The molecule has 4 rings (SSSR count). The first-order valence-corrected chi connectivity index (χ1v) is 10.4. The Morgan fingerprint density at radius 1 is 1.17 bits per heavy atom. The molecule has 4 aromatic rings. The molecule has 0 bridgehead atoms. The molecule has 0 saturated heterocycles. The predicted molar refractivity (Wildman–Crippen MR) is 119 cm³/mol. The Kier molecular flexibility index (Phi) is 5.63. The minimum Gasteiger partial charge on any atom is -0.481 e. The molecule has 1 N–H and O–H groups in total. The zero-order valence-electron chi connectivity index (χ0n) is 16.4. The molecule has 0 radical (unpaired) electrons. The van der Waals surface area contributed by atoms with E-state index in [4.69, 9.17) is 10.1 Å². The number of carboxylic acid groups (broad SMARTS) is 1. The molecule has 30 heavy (non-hydrogen) atoms. The summed E-state index contributed by atoms with van der Waals surface area (Å²) in [5.74, 6) is -0.318. The molecule has 0 fully saturated rings. The second kappa shape index (κ2) is 8.51. The molecule has 0 atom stereocenters. The molecule has 0 saturated carbocycles. The Hall–Kier alpha value is -3.45. The van der Waals surface area contributed by atoms with Gasteiger partial charge in [0.15, 0.2) is 11.0 Å². The van der Waals surface area contributed by atoms with Gasteiger partial charge >= 0.3 is 5.97 Å². The molecule has 0 aliphatic rings. The molecule has 0 unspecified atom stereocenters. The van der Waals surface area contributed by atoms with E-state index < -0.39 is 5.97 Å². The summed E-state index contributed by atoms with van der Waals surface area (Å²) in [4.78, 5) is 15.9. The van der Waals surface area contributed by atoms with E-state index >= 15 is 0 Å². The molecule has 2 aromatic carbocycles. The first kappa shape index (κ1) is 19.8. The van der Waals surface area contributed by atoms with Crippen molar-refractivity contribution in [3.63, 3.8) is 0 Å². The standard InChI is InChI=1S/C23H20N4O2S/c1-3-12-27-22(25-26-23(27)30-14-21(28)29)18-13-20(16-10-8-15(2)9-11-16)24-19-7-5-4-6-17(18)19/h3-11,13H,1,12,14H2,2H3,(H,28,29). The number of carbonyl (C=O) groups is 1. The number of para-hydroxylation sites is 1. The number of hydrogen-bond donors (Lipinski definition) is 1. The molecule has 2 heterocycles. The largest absolute Gasteiger partial charge is 0.481 e. The van der Waals surface area contributed by atoms with Crippen LogP contribution < -0.4 is 0 Å². The summed E-state index contributed by atoms with van der Waals surface area (Å²) in [6, 6.07) is 18.2. The molecule has 0 spiro atoms. The van der Waals surface area contributed by atoms with Crippen molar-refractivity contribution in [1.29, 1.82) is 0 Å². The topological polar surface area (TPSA) is 80.9 Å². The van der Waals surface area contributed by atoms with Crippen LogP contribution in [-0.4, -0.2) is 36.6 Å². The van der Waals surface area contributed by atoms with Crippen LogP contribution in [-0.2, 0) is 11.3 Å². The van der Waals surface area contributed by atoms with E-state index in [2.05, 4.69) is 48.0 Å². The summed E-state index contributed by atoms with van der Waals surface area (Å²) in [6.07, 6.45) is 1.75. The summed E-state index contributed by atoms with van der Waals surface area (Å²) < 4.78 is 1.89. The number of aromatic nitrogens is 4. The highest BCUT2D eigenvalue weighted by Gasteiger charge is 2.18. The quantitative estimate of drug-likeness (QED) is 0.343. The monoisotopic (exact) mass is 416 g/mol. The molecule has 6 nitrogen and oxygen atoms in total. The van der Waals surface area contributed by atoms with Crippen LogP contribution in [0.1, 0.15) is 5.56 Å². The number of rotatable bonds is 7. The third-order valence-corrected chi connectivity index (χ3v) is 5.61. The first-order valence-electron chi connectivity index (χ1n) is 9.42. The lowest BCUT2D eigenvalue weighted by Gasteiger charge is -2.12. The van der Waals surface area contributed by atoms with Crippen LogP contribution in [0, 0.1) is 6.92 Å². The van der Waals surface area contributed by atoms with Gasteiger partial charge in [-0.25, -0.2) is 4.98 Å². The van der Waals surface area contributed by atoms with Crippen molar-refractivity contribution < 1.29 is 9.90 Å². The zero-order chi connectivity index (χ0) is 21.1. The summed E-state index contributed by atoms with van der Waals surface area (Å²) in [7, 11) is 0. The third kappa shape index (κ3) is 3.97. The molecule has 150 valence electrons. The normalized spacial score (nSPS) is 11.0. The molecular formula is C23H20N4O2S. The molecule has 2 aromatic heterocycles. The van der Waals surface area contributed by atoms with Crippen LogP contribution >= 0.6 is 11.8 Å². The van der Waals surface area contributed by atoms with Gasteiger partial charge in [0, 0.05) is 23.1 Å². The van der Waals surface area contributed by atoms with Crippen molar-refractivity contribution in [2.45, 2.75) is 18.6 Å². The molecule has 0 amide bonds. The fourth-order valence-electron chi connectivity index (χ4n) is 3.25. The zero-order valence-corrected chi connectivity index (χ0v) is 17.3. The maximum atomic E-state index is 11.0. The summed E-state index contributed by atoms with van der Waals surface area (Å²) in [5, 5.41) is 19.2. The molecule has 0 aliphatic heterocycles. The summed E-state index contributed by atoms with van der Waals surface area (Å²) >= 11 is 1.14. The van der Waals surface area contributed by atoms with E-state index in [1.165, 1.54) is 5.56 Å². The van der Waals surface area contributed by atoms with Crippen molar-refractivity contribution in [2.24, 2.45) is 0 Å². The van der Waals surface area contributed by atoms with Gasteiger partial charge in [0.2, 0.25) is 0 Å². The van der Waals surface area contributed by atoms with Gasteiger partial charge in [-0.2, -0.15) is 0 Å². The number of hydrogen-bond acceptors (Lipinski definition) is 5. The fourth-order valence-corrected chi connectivity index (χ4v) is 3.92. The van der Waals surface area contributed by atoms with E-state index in [0.29, 0.717) is 17.5 Å². The van der Waals surface area contributed by atoms with Gasteiger partial charge in [-0.3, -0.25) is 9.36 Å². The van der Waals surface area contributed by atoms with E-state index in [1.807, 2.05) is 34.9 Å². The second-order valence-electron chi connectivity index (χ2n) is 6.83. The average molecular weight is 417 g/mol. The summed E-state index contributed by atoms with van der Waals surface area (Å²) in [5.41, 5.74) is 4.80. The third-order valence-electron chi connectivity index (χ3n) is 4.66. The number of nitrogens with zero attached hydrogens (tertiary/aromatic N) is 4. The number of thioether (sulfide) groups is 1. The van der Waals surface area contributed by atoms with Gasteiger partial charge in [0.1, 0.15) is 0 Å². The number of aryl methyl sites for hydroxylation is 1. The van der Waals surface area contributed by atoms with Gasteiger partial charge in [0.05, 0.1) is 17.0 Å². The Labute approximate surface area is 178 Å². The van der Waals surface area contributed by atoms with Crippen LogP contribution in [0.4, 0.5) is 0 Å². The van der Waals surface area contributed by atoms with E-state index in [-0.39, 0.29) is 5.75 Å². The lowest BCUT2D eigenvalue weighted by molar-refractivity contribution is -0.133. The average Bonchev–Trinajstić information content (AvgIpc) is 3.14. The second-order valence-corrected chi connectivity index (χ2v) is 7.77. The summed E-state index contributed by atoms with van der Waals surface area (Å²) in [6.45, 7) is 6.35. The van der Waals surface area contributed by atoms with E-state index in [1.54, 1.807) is 6.08 Å². The molecule has 0 aliphatic carbocycles.